The van der Waals surface area contributed by atoms with Crippen molar-refractivity contribution in [2.75, 3.05) is 0 Å². The molecule has 0 atom stereocenters. The normalized spacial score (nSPS) is 10.4. The molecule has 2 heterocycles. The van der Waals surface area contributed by atoms with Crippen LogP contribution < -0.4 is 5.56 Å². The molecule has 0 radical (unpaired) electrons. The lowest BCUT2D eigenvalue weighted by molar-refractivity contribution is 0.0695. The van der Waals surface area contributed by atoms with Crippen LogP contribution in [-0.2, 0) is 0 Å². The van der Waals surface area contributed by atoms with Gasteiger partial charge in [-0.3, -0.25) is 9.89 Å². The van der Waals surface area contributed by atoms with Crippen LogP contribution in [0, 0.1) is 25.2 Å². The zero-order valence-corrected chi connectivity index (χ0v) is 13.6. The van der Waals surface area contributed by atoms with Crippen LogP contribution in [0.2, 0.25) is 0 Å². The Morgan fingerprint density at radius 3 is 2.44 bits per heavy atom. The van der Waals surface area contributed by atoms with Crippen LogP contribution in [-0.4, -0.2) is 25.8 Å². The van der Waals surface area contributed by atoms with Crippen molar-refractivity contribution in [2.45, 2.75) is 13.8 Å². The number of hydrogen-bond acceptors (Lipinski definition) is 4. The largest absolute Gasteiger partial charge is 0.478 e. The quantitative estimate of drug-likeness (QED) is 0.764. The van der Waals surface area contributed by atoms with Crippen molar-refractivity contribution in [2.24, 2.45) is 0 Å². The molecule has 0 aliphatic heterocycles. The molecule has 0 saturated heterocycles. The standard InChI is InChI=1S/C18H14N4O3/c1-10-14(18(24)25)7-8-15(20-10)22-17(23)16(11(2)21-22)13-5-3-12(9-19)4-6-13/h3-8,21H,1-2H3,(H,24,25). The van der Waals surface area contributed by atoms with E-state index in [1.54, 1.807) is 38.1 Å². The number of benzene rings is 1. The SMILES string of the molecule is Cc1nc(-n2[nH]c(C)c(-c3ccc(C#N)cc3)c2=O)ccc1C(=O)O. The number of aromatic carboxylic acids is 1. The van der Waals surface area contributed by atoms with E-state index in [9.17, 15) is 9.59 Å². The van der Waals surface area contributed by atoms with Crippen LogP contribution in [0.4, 0.5) is 0 Å². The van der Waals surface area contributed by atoms with Crippen LogP contribution in [0.15, 0.2) is 41.2 Å². The minimum Gasteiger partial charge on any atom is -0.478 e. The highest BCUT2D eigenvalue weighted by molar-refractivity contribution is 5.88. The molecule has 3 rings (SSSR count). The number of carboxylic acids is 1. The van der Waals surface area contributed by atoms with E-state index in [1.165, 1.54) is 16.8 Å². The van der Waals surface area contributed by atoms with Crippen LogP contribution in [0.3, 0.4) is 0 Å². The Kier molecular flexibility index (Phi) is 3.95. The van der Waals surface area contributed by atoms with Crippen molar-refractivity contribution < 1.29 is 9.90 Å². The minimum absolute atomic E-state index is 0.0902. The Morgan fingerprint density at radius 1 is 1.20 bits per heavy atom. The van der Waals surface area contributed by atoms with Gasteiger partial charge >= 0.3 is 5.97 Å². The van der Waals surface area contributed by atoms with Gasteiger partial charge in [0.15, 0.2) is 5.82 Å². The van der Waals surface area contributed by atoms with Crippen LogP contribution in [0.25, 0.3) is 16.9 Å². The van der Waals surface area contributed by atoms with Gasteiger partial charge < -0.3 is 5.11 Å². The fourth-order valence-electron chi connectivity index (χ4n) is 2.66. The Labute approximate surface area is 142 Å². The van der Waals surface area contributed by atoms with Crippen LogP contribution in [0.5, 0.6) is 0 Å². The summed E-state index contributed by atoms with van der Waals surface area (Å²) >= 11 is 0. The first kappa shape index (κ1) is 16.2. The highest BCUT2D eigenvalue weighted by Crippen LogP contribution is 2.20. The number of aromatic amines is 1. The maximum atomic E-state index is 12.8. The first-order valence-electron chi connectivity index (χ1n) is 7.46. The Bertz CT molecular complexity index is 1070. The van der Waals surface area contributed by atoms with Gasteiger partial charge in [0.2, 0.25) is 0 Å². The summed E-state index contributed by atoms with van der Waals surface area (Å²) in [5.74, 6) is -0.750. The number of pyridine rings is 1. The number of carbonyl (C=O) groups is 1. The van der Waals surface area contributed by atoms with E-state index in [2.05, 4.69) is 10.1 Å². The van der Waals surface area contributed by atoms with E-state index in [-0.39, 0.29) is 11.1 Å². The Balaban J connectivity index is 2.11. The molecule has 7 nitrogen and oxygen atoms in total. The van der Waals surface area contributed by atoms with E-state index in [1.807, 2.05) is 6.07 Å². The van der Waals surface area contributed by atoms with Crippen LogP contribution >= 0.6 is 0 Å². The van der Waals surface area contributed by atoms with Gasteiger partial charge in [0, 0.05) is 5.69 Å². The van der Waals surface area contributed by atoms with Gasteiger partial charge in [0.1, 0.15) is 0 Å². The van der Waals surface area contributed by atoms with E-state index in [0.29, 0.717) is 33.9 Å². The maximum Gasteiger partial charge on any atom is 0.337 e. The molecular formula is C18H14N4O3. The van der Waals surface area contributed by atoms with Crippen molar-refractivity contribution in [3.8, 4) is 23.0 Å². The molecule has 2 aromatic heterocycles. The molecule has 0 spiro atoms. The molecule has 0 bridgehead atoms. The number of nitriles is 1. The molecule has 0 unspecified atom stereocenters. The molecule has 2 N–H and O–H groups in total. The van der Waals surface area contributed by atoms with Crippen LogP contribution in [0.1, 0.15) is 27.3 Å². The monoisotopic (exact) mass is 334 g/mol. The predicted octanol–water partition coefficient (Wildman–Crippen LogP) is 2.41. The number of H-pyrrole nitrogens is 1. The molecular weight excluding hydrogens is 320 g/mol. The van der Waals surface area contributed by atoms with E-state index in [0.717, 1.165) is 0 Å². The summed E-state index contributed by atoms with van der Waals surface area (Å²) in [7, 11) is 0. The minimum atomic E-state index is -1.06. The summed E-state index contributed by atoms with van der Waals surface area (Å²) in [6.07, 6.45) is 0. The highest BCUT2D eigenvalue weighted by Gasteiger charge is 2.16. The van der Waals surface area contributed by atoms with Gasteiger partial charge in [-0.15, -0.1) is 0 Å². The van der Waals surface area contributed by atoms with E-state index < -0.39 is 5.97 Å². The average Bonchev–Trinajstić information content (AvgIpc) is 2.89. The lowest BCUT2D eigenvalue weighted by Crippen LogP contribution is -2.18. The lowest BCUT2D eigenvalue weighted by atomic mass is 10.1. The lowest BCUT2D eigenvalue weighted by Gasteiger charge is -2.04. The summed E-state index contributed by atoms with van der Waals surface area (Å²) in [4.78, 5) is 28.1. The molecule has 3 aromatic rings. The van der Waals surface area contributed by atoms with Gasteiger partial charge in [0.25, 0.3) is 5.56 Å². The van der Waals surface area contributed by atoms with Gasteiger partial charge in [-0.05, 0) is 43.7 Å². The third-order valence-corrected chi connectivity index (χ3v) is 3.90. The third-order valence-electron chi connectivity index (χ3n) is 3.90. The first-order valence-corrected chi connectivity index (χ1v) is 7.46. The molecule has 0 aliphatic carbocycles. The summed E-state index contributed by atoms with van der Waals surface area (Å²) < 4.78 is 1.28. The second-order valence-electron chi connectivity index (χ2n) is 5.55. The summed E-state index contributed by atoms with van der Waals surface area (Å²) in [6, 6.07) is 11.7. The fraction of sp³-hybridized carbons (Fsp3) is 0.111. The van der Waals surface area contributed by atoms with E-state index >= 15 is 0 Å². The first-order chi connectivity index (χ1) is 11.9. The number of aryl methyl sites for hydroxylation is 2. The Morgan fingerprint density at radius 2 is 1.88 bits per heavy atom. The molecule has 0 saturated carbocycles. The number of carboxylic acid groups (broad SMARTS) is 1. The number of hydrogen-bond donors (Lipinski definition) is 2. The number of nitrogens with zero attached hydrogens (tertiary/aromatic N) is 3. The summed E-state index contributed by atoms with van der Waals surface area (Å²) in [5, 5.41) is 20.9. The molecule has 0 aliphatic rings. The molecule has 7 heteroatoms. The predicted molar refractivity (Wildman–Crippen MR) is 90.8 cm³/mol. The Hall–Kier alpha value is -3.66. The summed E-state index contributed by atoms with van der Waals surface area (Å²) in [5.41, 5.74) is 2.45. The van der Waals surface area contributed by atoms with Gasteiger partial charge in [-0.2, -0.15) is 5.26 Å². The summed E-state index contributed by atoms with van der Waals surface area (Å²) in [6.45, 7) is 3.35. The van der Waals surface area contributed by atoms with Crippen molar-refractivity contribution in [1.29, 1.82) is 5.26 Å². The van der Waals surface area contributed by atoms with Crippen molar-refractivity contribution in [1.82, 2.24) is 14.8 Å². The van der Waals surface area contributed by atoms with Crippen molar-refractivity contribution in [3.63, 3.8) is 0 Å². The number of rotatable bonds is 3. The van der Waals surface area contributed by atoms with Gasteiger partial charge in [-0.25, -0.2) is 14.5 Å². The maximum absolute atomic E-state index is 12.8. The van der Waals surface area contributed by atoms with Gasteiger partial charge in [-0.1, -0.05) is 12.1 Å². The zero-order valence-electron chi connectivity index (χ0n) is 13.6. The zero-order chi connectivity index (χ0) is 18.1. The third kappa shape index (κ3) is 2.81. The van der Waals surface area contributed by atoms with Crippen molar-refractivity contribution in [3.05, 3.63) is 69.3 Å². The second-order valence-corrected chi connectivity index (χ2v) is 5.55. The molecule has 1 aromatic carbocycles. The number of nitrogens with one attached hydrogen (secondary N) is 1. The fourth-order valence-corrected chi connectivity index (χ4v) is 2.66. The highest BCUT2D eigenvalue weighted by atomic mass is 16.4. The molecule has 124 valence electrons. The second kappa shape index (κ2) is 6.09. The molecule has 0 amide bonds. The number of aromatic nitrogens is 3. The van der Waals surface area contributed by atoms with Crippen molar-refractivity contribution >= 4 is 5.97 Å². The molecule has 25 heavy (non-hydrogen) atoms. The van der Waals surface area contributed by atoms with Gasteiger partial charge in [0.05, 0.1) is 28.5 Å². The average molecular weight is 334 g/mol. The van der Waals surface area contributed by atoms with E-state index in [4.69, 9.17) is 10.4 Å². The smallest absolute Gasteiger partial charge is 0.337 e. The topological polar surface area (TPSA) is 112 Å². The molecule has 0 fully saturated rings.